The molecule has 6 rings (SSSR count). The molecule has 0 spiro atoms. The van der Waals surface area contributed by atoms with Gasteiger partial charge < -0.3 is 4.74 Å². The first-order valence-electron chi connectivity index (χ1n) is 13.9. The van der Waals surface area contributed by atoms with Gasteiger partial charge in [0.25, 0.3) is 21.3 Å². The summed E-state index contributed by atoms with van der Waals surface area (Å²) in [6.45, 7) is 1.18. The van der Waals surface area contributed by atoms with Gasteiger partial charge in [0.1, 0.15) is 0 Å². The summed E-state index contributed by atoms with van der Waals surface area (Å²) in [5.74, 6) is -1.31. The lowest BCUT2D eigenvalue weighted by molar-refractivity contribution is -0.385. The van der Waals surface area contributed by atoms with Crippen molar-refractivity contribution in [1.82, 2.24) is 8.54 Å². The molecular formula is C31H20ClF3N4O7S2. The van der Waals surface area contributed by atoms with Crippen molar-refractivity contribution in [3.05, 3.63) is 136 Å². The van der Waals surface area contributed by atoms with Gasteiger partial charge in [0.2, 0.25) is 0 Å². The molecule has 3 aromatic carbocycles. The quantitative estimate of drug-likeness (QED) is 0.130. The summed E-state index contributed by atoms with van der Waals surface area (Å²) in [4.78, 5) is 40.7. The molecule has 1 atom stereocenters. The van der Waals surface area contributed by atoms with Crippen LogP contribution in [0, 0.1) is 10.1 Å². The highest BCUT2D eigenvalue weighted by Crippen LogP contribution is 2.38. The number of esters is 1. The summed E-state index contributed by atoms with van der Waals surface area (Å²) in [6, 6.07) is 14.7. The second kappa shape index (κ2) is 12.2. The Hall–Kier alpha value is -5.06. The van der Waals surface area contributed by atoms with E-state index in [4.69, 9.17) is 16.3 Å². The summed E-state index contributed by atoms with van der Waals surface area (Å²) in [7, 11) is -4.40. The maximum atomic E-state index is 14.4. The number of alkyl halides is 3. The molecule has 1 aliphatic heterocycles. The number of para-hydroxylation sites is 1. The van der Waals surface area contributed by atoms with E-state index in [0.717, 1.165) is 20.7 Å². The van der Waals surface area contributed by atoms with Gasteiger partial charge in [0.05, 0.1) is 38.1 Å². The average Bonchev–Trinajstić information content (AvgIpc) is 3.58. The fourth-order valence-electron chi connectivity index (χ4n) is 5.30. The maximum Gasteiger partial charge on any atom is 0.434 e. The number of hydrogen-bond acceptors (Lipinski definition) is 9. The summed E-state index contributed by atoms with van der Waals surface area (Å²) in [6.07, 6.45) is -2.58. The van der Waals surface area contributed by atoms with Gasteiger partial charge in [0, 0.05) is 34.3 Å². The Balaban J connectivity index is 1.60. The number of non-ortho nitro benzene ring substituents is 1. The van der Waals surface area contributed by atoms with Crippen molar-refractivity contribution in [3.8, 4) is 0 Å². The lowest BCUT2D eigenvalue weighted by Crippen LogP contribution is -2.41. The van der Waals surface area contributed by atoms with E-state index < -0.39 is 55.7 Å². The van der Waals surface area contributed by atoms with E-state index in [9.17, 15) is 41.3 Å². The van der Waals surface area contributed by atoms with Gasteiger partial charge in [-0.1, -0.05) is 59.3 Å². The van der Waals surface area contributed by atoms with Crippen molar-refractivity contribution in [2.45, 2.75) is 24.0 Å². The lowest BCUT2D eigenvalue weighted by Gasteiger charge is -2.26. The highest BCUT2D eigenvalue weighted by atomic mass is 35.5. The van der Waals surface area contributed by atoms with Crippen LogP contribution >= 0.6 is 22.9 Å². The number of ether oxygens (including phenoxy) is 1. The topological polar surface area (TPSA) is 143 Å². The molecule has 0 N–H and O–H groups in total. The van der Waals surface area contributed by atoms with Crippen LogP contribution in [0.15, 0.2) is 105 Å². The van der Waals surface area contributed by atoms with Gasteiger partial charge in [0.15, 0.2) is 10.5 Å². The molecule has 48 heavy (non-hydrogen) atoms. The Kier molecular flexibility index (Phi) is 8.35. The van der Waals surface area contributed by atoms with Crippen LogP contribution in [0.5, 0.6) is 0 Å². The average molecular weight is 717 g/mol. The minimum absolute atomic E-state index is 0.116. The number of benzene rings is 3. The number of nitrogens with zero attached hydrogens (tertiary/aromatic N) is 4. The van der Waals surface area contributed by atoms with Crippen molar-refractivity contribution in [1.29, 1.82) is 0 Å². The fraction of sp³-hybridized carbons (Fsp3) is 0.129. The third kappa shape index (κ3) is 5.71. The van der Waals surface area contributed by atoms with Gasteiger partial charge in [-0.3, -0.25) is 19.5 Å². The second-order valence-electron chi connectivity index (χ2n) is 10.3. The standard InChI is InChI=1S/C31H20ClF3N4O7S2/c1-2-46-29(41)25-26(17-10-12-19(32)13-11-17)38-28(40)24(47-30(38)36-27(25)31(33,34)35)14-18-16-37(23-9-4-3-8-22(18)23)48(44,45)21-7-5-6-20(15-21)39(42)43/h3-16,26H,2H2,1H3/b24-14-/t26-/m1/s1. The van der Waals surface area contributed by atoms with Crippen LogP contribution in [-0.4, -0.2) is 40.6 Å². The van der Waals surface area contributed by atoms with E-state index in [2.05, 4.69) is 4.99 Å². The molecule has 3 heterocycles. The Morgan fingerprint density at radius 2 is 1.83 bits per heavy atom. The zero-order valence-electron chi connectivity index (χ0n) is 24.3. The highest BCUT2D eigenvalue weighted by Gasteiger charge is 2.45. The molecule has 17 heteroatoms. The summed E-state index contributed by atoms with van der Waals surface area (Å²) < 4.78 is 77.4. The molecule has 11 nitrogen and oxygen atoms in total. The number of halogens is 4. The zero-order chi connectivity index (χ0) is 34.5. The Labute approximate surface area is 277 Å². The van der Waals surface area contributed by atoms with E-state index in [1.54, 1.807) is 18.2 Å². The number of allylic oxidation sites excluding steroid dienone is 1. The molecule has 0 amide bonds. The molecule has 0 saturated heterocycles. The first kappa shape index (κ1) is 32.9. The van der Waals surface area contributed by atoms with Crippen LogP contribution in [0.4, 0.5) is 18.9 Å². The van der Waals surface area contributed by atoms with Gasteiger partial charge >= 0.3 is 12.1 Å². The van der Waals surface area contributed by atoms with Crippen molar-refractivity contribution in [2.75, 3.05) is 6.61 Å². The van der Waals surface area contributed by atoms with Crippen LogP contribution in [0.3, 0.4) is 0 Å². The third-order valence-electron chi connectivity index (χ3n) is 7.36. The van der Waals surface area contributed by atoms with Crippen LogP contribution in [0.1, 0.15) is 24.1 Å². The molecule has 2 aromatic heterocycles. The number of hydrogen-bond donors (Lipinski definition) is 0. The smallest absolute Gasteiger partial charge is 0.434 e. The summed E-state index contributed by atoms with van der Waals surface area (Å²) in [5.41, 5.74) is -3.14. The first-order valence-corrected chi connectivity index (χ1v) is 16.5. The van der Waals surface area contributed by atoms with Gasteiger partial charge in [-0.25, -0.2) is 22.2 Å². The Morgan fingerprint density at radius 3 is 2.50 bits per heavy atom. The molecule has 0 radical (unpaired) electrons. The van der Waals surface area contributed by atoms with E-state index in [1.807, 2.05) is 0 Å². The van der Waals surface area contributed by atoms with Crippen LogP contribution in [-0.2, 0) is 19.6 Å². The van der Waals surface area contributed by atoms with Gasteiger partial charge in [-0.05, 0) is 42.8 Å². The van der Waals surface area contributed by atoms with Gasteiger partial charge in [-0.2, -0.15) is 13.2 Å². The van der Waals surface area contributed by atoms with E-state index in [1.165, 1.54) is 61.7 Å². The third-order valence-corrected chi connectivity index (χ3v) is 10.3. The van der Waals surface area contributed by atoms with Crippen molar-refractivity contribution >= 4 is 61.6 Å². The normalized spacial score (nSPS) is 15.4. The lowest BCUT2D eigenvalue weighted by atomic mass is 9.95. The molecule has 0 unspecified atom stereocenters. The minimum atomic E-state index is -5.10. The van der Waals surface area contributed by atoms with Crippen LogP contribution in [0.2, 0.25) is 5.02 Å². The Morgan fingerprint density at radius 1 is 1.12 bits per heavy atom. The molecule has 0 aliphatic carbocycles. The molecule has 0 saturated carbocycles. The molecule has 246 valence electrons. The maximum absolute atomic E-state index is 14.4. The summed E-state index contributed by atoms with van der Waals surface area (Å²) >= 11 is 6.63. The number of thiazole rings is 1. The number of aromatic nitrogens is 2. The second-order valence-corrected chi connectivity index (χ2v) is 13.5. The largest absolute Gasteiger partial charge is 0.463 e. The van der Waals surface area contributed by atoms with Crippen LogP contribution < -0.4 is 14.9 Å². The van der Waals surface area contributed by atoms with Crippen molar-refractivity contribution < 1.29 is 36.0 Å². The predicted octanol–water partition coefficient (Wildman–Crippen LogP) is 5.09. The van der Waals surface area contributed by atoms with Crippen molar-refractivity contribution in [3.63, 3.8) is 0 Å². The van der Waals surface area contributed by atoms with Crippen molar-refractivity contribution in [2.24, 2.45) is 4.99 Å². The SMILES string of the molecule is CCOC(=O)C1=C(C(F)(F)F)N=c2s/c(=C\c3cn(S(=O)(=O)c4cccc([N+](=O)[O-])c4)c4ccccc34)c(=O)n2[C@@H]1c1ccc(Cl)cc1. The fourth-order valence-corrected chi connectivity index (χ4v) is 7.84. The highest BCUT2D eigenvalue weighted by molar-refractivity contribution is 7.90. The van der Waals surface area contributed by atoms with Gasteiger partial charge in [-0.15, -0.1) is 0 Å². The number of rotatable bonds is 7. The summed E-state index contributed by atoms with van der Waals surface area (Å²) in [5, 5.41) is 11.9. The monoisotopic (exact) mass is 716 g/mol. The number of carbonyl (C=O) groups is 1. The van der Waals surface area contributed by atoms with E-state index in [0.29, 0.717) is 16.7 Å². The first-order chi connectivity index (χ1) is 22.7. The van der Waals surface area contributed by atoms with Crippen LogP contribution in [0.25, 0.3) is 17.0 Å². The number of fused-ring (bicyclic) bond motifs is 2. The number of nitro benzene ring substituents is 1. The zero-order valence-corrected chi connectivity index (χ0v) is 26.7. The molecular weight excluding hydrogens is 697 g/mol. The number of carbonyl (C=O) groups excluding carboxylic acids is 1. The molecule has 0 bridgehead atoms. The molecule has 5 aromatic rings. The minimum Gasteiger partial charge on any atom is -0.463 e. The Bertz CT molecular complexity index is 2470. The predicted molar refractivity (Wildman–Crippen MR) is 170 cm³/mol. The number of nitro groups is 1. The van der Waals surface area contributed by atoms with E-state index in [-0.39, 0.29) is 42.5 Å². The van der Waals surface area contributed by atoms with E-state index >= 15 is 0 Å². The molecule has 0 fully saturated rings. The molecule has 1 aliphatic rings.